The SMILES string of the molecule is CC(=O)N(c1ccccc1)c1nc(/C=C2\N=C(c3ccc(F)cc3F)OC2=O)cs1. The molecular formula is C21H13F2N3O3S. The van der Waals surface area contributed by atoms with Gasteiger partial charge in [0.05, 0.1) is 16.9 Å². The van der Waals surface area contributed by atoms with E-state index in [0.717, 1.165) is 12.1 Å². The Morgan fingerprint density at radius 1 is 1.17 bits per heavy atom. The van der Waals surface area contributed by atoms with Gasteiger partial charge in [-0.1, -0.05) is 18.2 Å². The minimum Gasteiger partial charge on any atom is -0.402 e. The number of nitrogens with zero attached hydrogens (tertiary/aromatic N) is 3. The Bertz CT molecular complexity index is 1210. The average Bonchev–Trinajstić information content (AvgIpc) is 3.30. The van der Waals surface area contributed by atoms with Crippen LogP contribution in [0.25, 0.3) is 6.08 Å². The molecule has 3 aromatic rings. The second-order valence-electron chi connectivity index (χ2n) is 6.21. The van der Waals surface area contributed by atoms with Crippen LogP contribution in [0.1, 0.15) is 18.2 Å². The highest BCUT2D eigenvalue weighted by molar-refractivity contribution is 7.14. The zero-order valence-corrected chi connectivity index (χ0v) is 16.3. The predicted molar refractivity (Wildman–Crippen MR) is 108 cm³/mol. The molecule has 1 aliphatic heterocycles. The highest BCUT2D eigenvalue weighted by Crippen LogP contribution is 2.30. The van der Waals surface area contributed by atoms with Crippen molar-refractivity contribution in [1.29, 1.82) is 0 Å². The van der Waals surface area contributed by atoms with Crippen molar-refractivity contribution in [3.63, 3.8) is 0 Å². The van der Waals surface area contributed by atoms with Crippen LogP contribution in [0, 0.1) is 11.6 Å². The van der Waals surface area contributed by atoms with Crippen molar-refractivity contribution < 1.29 is 23.1 Å². The van der Waals surface area contributed by atoms with Gasteiger partial charge in [-0.05, 0) is 30.3 Å². The molecule has 0 radical (unpaired) electrons. The van der Waals surface area contributed by atoms with E-state index >= 15 is 0 Å². The van der Waals surface area contributed by atoms with Crippen LogP contribution in [-0.2, 0) is 14.3 Å². The van der Waals surface area contributed by atoms with Crippen molar-refractivity contribution >= 4 is 46.0 Å². The summed E-state index contributed by atoms with van der Waals surface area (Å²) in [4.78, 5) is 34.1. The quantitative estimate of drug-likeness (QED) is 0.457. The number of anilines is 2. The highest BCUT2D eigenvalue weighted by Gasteiger charge is 2.27. The highest BCUT2D eigenvalue weighted by atomic mass is 32.1. The van der Waals surface area contributed by atoms with Crippen LogP contribution >= 0.6 is 11.3 Å². The lowest BCUT2D eigenvalue weighted by Crippen LogP contribution is -2.22. The monoisotopic (exact) mass is 425 g/mol. The smallest absolute Gasteiger partial charge is 0.363 e. The number of aliphatic imine (C=N–C) groups is 1. The Morgan fingerprint density at radius 3 is 2.63 bits per heavy atom. The van der Waals surface area contributed by atoms with Gasteiger partial charge in [0, 0.05) is 18.4 Å². The molecular weight excluding hydrogens is 412 g/mol. The van der Waals surface area contributed by atoms with Gasteiger partial charge in [-0.25, -0.2) is 23.6 Å². The van der Waals surface area contributed by atoms with Crippen LogP contribution in [0.5, 0.6) is 0 Å². The van der Waals surface area contributed by atoms with Gasteiger partial charge in [0.15, 0.2) is 10.8 Å². The van der Waals surface area contributed by atoms with E-state index in [1.165, 1.54) is 29.2 Å². The van der Waals surface area contributed by atoms with Gasteiger partial charge in [0.2, 0.25) is 11.8 Å². The summed E-state index contributed by atoms with van der Waals surface area (Å²) in [5, 5.41) is 2.07. The molecule has 30 heavy (non-hydrogen) atoms. The minimum absolute atomic E-state index is 0.0836. The molecule has 0 atom stereocenters. The predicted octanol–water partition coefficient (Wildman–Crippen LogP) is 4.45. The largest absolute Gasteiger partial charge is 0.402 e. The molecule has 1 aromatic heterocycles. The van der Waals surface area contributed by atoms with Gasteiger partial charge in [-0.15, -0.1) is 11.3 Å². The topological polar surface area (TPSA) is 71.9 Å². The lowest BCUT2D eigenvalue weighted by molar-refractivity contribution is -0.130. The molecule has 150 valence electrons. The summed E-state index contributed by atoms with van der Waals surface area (Å²) in [7, 11) is 0. The lowest BCUT2D eigenvalue weighted by Gasteiger charge is -2.17. The van der Waals surface area contributed by atoms with Crippen LogP contribution in [0.15, 0.2) is 64.6 Å². The summed E-state index contributed by atoms with van der Waals surface area (Å²) in [6.07, 6.45) is 1.38. The second-order valence-corrected chi connectivity index (χ2v) is 7.04. The zero-order chi connectivity index (χ0) is 21.3. The minimum atomic E-state index is -0.890. The van der Waals surface area contributed by atoms with Crippen LogP contribution < -0.4 is 4.90 Å². The maximum atomic E-state index is 13.9. The first-order valence-corrected chi connectivity index (χ1v) is 9.59. The van der Waals surface area contributed by atoms with Crippen molar-refractivity contribution in [3.05, 3.63) is 82.5 Å². The van der Waals surface area contributed by atoms with E-state index in [0.29, 0.717) is 22.6 Å². The van der Waals surface area contributed by atoms with Crippen LogP contribution in [0.4, 0.5) is 19.6 Å². The second kappa shape index (κ2) is 7.96. The number of benzene rings is 2. The maximum Gasteiger partial charge on any atom is 0.363 e. The van der Waals surface area contributed by atoms with Crippen molar-refractivity contribution in [3.8, 4) is 0 Å². The normalized spacial score (nSPS) is 14.6. The molecule has 6 nitrogen and oxygen atoms in total. The summed E-state index contributed by atoms with van der Waals surface area (Å²) in [6.45, 7) is 1.43. The van der Waals surface area contributed by atoms with Gasteiger partial charge in [0.25, 0.3) is 0 Å². The number of ether oxygens (including phenoxy) is 1. The first-order chi connectivity index (χ1) is 14.4. The number of halogens is 2. The number of esters is 1. The fourth-order valence-corrected chi connectivity index (χ4v) is 3.62. The van der Waals surface area contributed by atoms with Crippen LogP contribution in [0.2, 0.25) is 0 Å². The number of thiazole rings is 1. The molecule has 0 bridgehead atoms. The zero-order valence-electron chi connectivity index (χ0n) is 15.5. The van der Waals surface area contributed by atoms with E-state index in [9.17, 15) is 18.4 Å². The number of aromatic nitrogens is 1. The molecule has 2 heterocycles. The number of rotatable bonds is 4. The number of cyclic esters (lactones) is 1. The Labute approximate surface area is 173 Å². The first kappa shape index (κ1) is 19.6. The third kappa shape index (κ3) is 3.87. The first-order valence-electron chi connectivity index (χ1n) is 8.71. The van der Waals surface area contributed by atoms with E-state index in [1.807, 2.05) is 6.07 Å². The van der Waals surface area contributed by atoms with Crippen molar-refractivity contribution in [2.45, 2.75) is 6.92 Å². The number of carbonyl (C=O) groups excluding carboxylic acids is 2. The molecule has 1 aliphatic rings. The summed E-state index contributed by atoms with van der Waals surface area (Å²) in [5.41, 5.74) is 0.832. The maximum absolute atomic E-state index is 13.9. The molecule has 1 amide bonds. The number of hydrogen-bond acceptors (Lipinski definition) is 6. The number of amides is 1. The van der Waals surface area contributed by atoms with Crippen molar-refractivity contribution in [2.24, 2.45) is 4.99 Å². The van der Waals surface area contributed by atoms with E-state index in [2.05, 4.69) is 9.98 Å². The number of hydrogen-bond donors (Lipinski definition) is 0. The molecule has 0 aliphatic carbocycles. The molecule has 2 aromatic carbocycles. The van der Waals surface area contributed by atoms with E-state index in [1.54, 1.807) is 29.6 Å². The van der Waals surface area contributed by atoms with Crippen molar-refractivity contribution in [2.75, 3.05) is 4.90 Å². The molecule has 0 N–H and O–H groups in total. The summed E-state index contributed by atoms with van der Waals surface area (Å²) < 4.78 is 32.0. The van der Waals surface area contributed by atoms with E-state index < -0.39 is 17.6 Å². The molecule has 0 saturated carbocycles. The lowest BCUT2D eigenvalue weighted by atomic mass is 10.2. The van der Waals surface area contributed by atoms with Gasteiger partial charge in [-0.3, -0.25) is 9.69 Å². The van der Waals surface area contributed by atoms with E-state index in [-0.39, 0.29) is 23.1 Å². The fraction of sp³-hybridized carbons (Fsp3) is 0.0476. The molecule has 4 rings (SSSR count). The molecule has 0 spiro atoms. The number of para-hydroxylation sites is 1. The molecule has 9 heteroatoms. The summed E-state index contributed by atoms with van der Waals surface area (Å²) >= 11 is 1.21. The van der Waals surface area contributed by atoms with E-state index in [4.69, 9.17) is 4.74 Å². The Morgan fingerprint density at radius 2 is 1.93 bits per heavy atom. The third-order valence-corrected chi connectivity index (χ3v) is 4.94. The van der Waals surface area contributed by atoms with Crippen LogP contribution in [-0.4, -0.2) is 22.8 Å². The van der Waals surface area contributed by atoms with Gasteiger partial charge < -0.3 is 4.74 Å². The Balaban J connectivity index is 1.64. The molecule has 0 fully saturated rings. The molecule has 0 unspecified atom stereocenters. The fourth-order valence-electron chi connectivity index (χ4n) is 2.78. The standard InChI is InChI=1S/C21H13F2N3O3S/c1-12(27)26(15-5-3-2-4-6-15)21-24-14(11-30-21)10-18-20(28)29-19(25-18)16-8-7-13(22)9-17(16)23/h2-11H,1H3/b18-10-. The average molecular weight is 425 g/mol. The molecule has 0 saturated heterocycles. The number of carbonyl (C=O) groups is 2. The van der Waals surface area contributed by atoms with Crippen LogP contribution in [0.3, 0.4) is 0 Å². The Hall–Kier alpha value is -3.72. The summed E-state index contributed by atoms with van der Waals surface area (Å²) in [5.74, 6) is -2.90. The van der Waals surface area contributed by atoms with Gasteiger partial charge >= 0.3 is 5.97 Å². The summed E-state index contributed by atoms with van der Waals surface area (Å²) in [6, 6.07) is 11.9. The van der Waals surface area contributed by atoms with Crippen molar-refractivity contribution in [1.82, 2.24) is 4.98 Å². The Kier molecular flexibility index (Phi) is 5.20. The van der Waals surface area contributed by atoms with Gasteiger partial charge in [-0.2, -0.15) is 0 Å². The third-order valence-electron chi connectivity index (χ3n) is 4.10. The van der Waals surface area contributed by atoms with Gasteiger partial charge in [0.1, 0.15) is 11.6 Å².